The molecule has 2 heterocycles. The number of H-pyrrole nitrogens is 1. The molecule has 7 nitrogen and oxygen atoms in total. The Kier molecular flexibility index (Phi) is 3.88. The van der Waals surface area contributed by atoms with Gasteiger partial charge in [-0.15, -0.1) is 0 Å². The lowest BCUT2D eigenvalue weighted by atomic mass is 10.2. The normalized spacial score (nSPS) is 10.5. The summed E-state index contributed by atoms with van der Waals surface area (Å²) in [5.41, 5.74) is 1.27. The molecule has 0 saturated heterocycles. The third-order valence-electron chi connectivity index (χ3n) is 2.87. The Bertz CT molecular complexity index is 642. The average molecular weight is 277 g/mol. The van der Waals surface area contributed by atoms with E-state index in [9.17, 15) is 9.59 Å². The fraction of sp³-hybridized carbons (Fsp3) is 0.308. The van der Waals surface area contributed by atoms with Crippen LogP contribution in [0.3, 0.4) is 0 Å². The van der Waals surface area contributed by atoms with Crippen molar-refractivity contribution in [2.45, 2.75) is 26.8 Å². The van der Waals surface area contributed by atoms with Crippen molar-refractivity contribution < 1.29 is 19.1 Å². The molecular formula is C13H15N3O4. The van der Waals surface area contributed by atoms with Gasteiger partial charge in [0, 0.05) is 5.69 Å². The lowest BCUT2D eigenvalue weighted by Crippen LogP contribution is -2.22. The first kappa shape index (κ1) is 13.9. The SMILES string of the molecule is CCc1cc(C(=O)NCc2cc(C(=O)O)c(C)o2)n[nH]1. The van der Waals surface area contributed by atoms with Crippen LogP contribution in [-0.2, 0) is 13.0 Å². The van der Waals surface area contributed by atoms with Crippen LogP contribution in [0.2, 0.25) is 0 Å². The van der Waals surface area contributed by atoms with Crippen LogP contribution in [0.15, 0.2) is 16.5 Å². The average Bonchev–Trinajstić information content (AvgIpc) is 3.02. The molecule has 0 unspecified atom stereocenters. The maximum absolute atomic E-state index is 11.8. The highest BCUT2D eigenvalue weighted by atomic mass is 16.4. The van der Waals surface area contributed by atoms with Crippen LogP contribution in [0.5, 0.6) is 0 Å². The molecule has 0 aromatic carbocycles. The maximum Gasteiger partial charge on any atom is 0.339 e. The number of aromatic amines is 1. The molecule has 0 radical (unpaired) electrons. The third kappa shape index (κ3) is 2.87. The number of carboxylic acids is 1. The highest BCUT2D eigenvalue weighted by molar-refractivity contribution is 5.92. The van der Waals surface area contributed by atoms with Crippen molar-refractivity contribution in [2.75, 3.05) is 0 Å². The number of furan rings is 1. The fourth-order valence-electron chi connectivity index (χ4n) is 1.76. The number of aryl methyl sites for hydroxylation is 2. The standard InChI is InChI=1S/C13H15N3O4/c1-3-8-4-11(16-15-8)12(17)14-6-9-5-10(13(18)19)7(2)20-9/h4-5H,3,6H2,1-2H3,(H,14,17)(H,15,16)(H,18,19). The van der Waals surface area contributed by atoms with E-state index < -0.39 is 5.97 Å². The predicted octanol–water partition coefficient (Wildman–Crippen LogP) is 1.50. The highest BCUT2D eigenvalue weighted by Crippen LogP contribution is 2.14. The van der Waals surface area contributed by atoms with Gasteiger partial charge in [0.25, 0.3) is 5.91 Å². The monoisotopic (exact) mass is 277 g/mol. The van der Waals surface area contributed by atoms with E-state index in [-0.39, 0.29) is 18.0 Å². The first-order valence-corrected chi connectivity index (χ1v) is 6.16. The van der Waals surface area contributed by atoms with Crippen molar-refractivity contribution in [3.8, 4) is 0 Å². The molecule has 2 aromatic rings. The summed E-state index contributed by atoms with van der Waals surface area (Å²) < 4.78 is 5.26. The number of nitrogens with one attached hydrogen (secondary N) is 2. The van der Waals surface area contributed by atoms with E-state index >= 15 is 0 Å². The van der Waals surface area contributed by atoms with Crippen LogP contribution in [0.1, 0.15) is 45.0 Å². The van der Waals surface area contributed by atoms with Crippen LogP contribution >= 0.6 is 0 Å². The second-order valence-electron chi connectivity index (χ2n) is 4.30. The topological polar surface area (TPSA) is 108 Å². The van der Waals surface area contributed by atoms with Gasteiger partial charge in [0.15, 0.2) is 0 Å². The largest absolute Gasteiger partial charge is 0.478 e. The molecule has 106 valence electrons. The number of aromatic carboxylic acids is 1. The van der Waals surface area contributed by atoms with Gasteiger partial charge in [-0.25, -0.2) is 4.79 Å². The maximum atomic E-state index is 11.8. The molecule has 0 spiro atoms. The van der Waals surface area contributed by atoms with Gasteiger partial charge >= 0.3 is 5.97 Å². The Morgan fingerprint density at radius 1 is 1.45 bits per heavy atom. The minimum absolute atomic E-state index is 0.0993. The van der Waals surface area contributed by atoms with Crippen molar-refractivity contribution in [3.05, 3.63) is 40.6 Å². The number of hydrogen-bond donors (Lipinski definition) is 3. The summed E-state index contributed by atoms with van der Waals surface area (Å²) in [6.45, 7) is 3.63. The van der Waals surface area contributed by atoms with Crippen molar-refractivity contribution in [3.63, 3.8) is 0 Å². The van der Waals surface area contributed by atoms with Crippen molar-refractivity contribution >= 4 is 11.9 Å². The zero-order valence-electron chi connectivity index (χ0n) is 11.2. The Labute approximate surface area is 115 Å². The van der Waals surface area contributed by atoms with E-state index in [1.807, 2.05) is 6.92 Å². The Morgan fingerprint density at radius 3 is 2.75 bits per heavy atom. The van der Waals surface area contributed by atoms with Crippen molar-refractivity contribution in [1.29, 1.82) is 0 Å². The van der Waals surface area contributed by atoms with Gasteiger partial charge < -0.3 is 14.8 Å². The molecule has 1 amide bonds. The van der Waals surface area contributed by atoms with E-state index in [1.165, 1.54) is 6.07 Å². The molecule has 0 aliphatic carbocycles. The summed E-state index contributed by atoms with van der Waals surface area (Å²) in [5, 5.41) is 18.2. The van der Waals surface area contributed by atoms with Crippen molar-refractivity contribution in [1.82, 2.24) is 15.5 Å². The van der Waals surface area contributed by atoms with Crippen LogP contribution in [0.4, 0.5) is 0 Å². The highest BCUT2D eigenvalue weighted by Gasteiger charge is 2.15. The molecule has 0 aliphatic heterocycles. The number of rotatable bonds is 5. The number of nitrogens with zero attached hydrogens (tertiary/aromatic N) is 1. The first-order chi connectivity index (χ1) is 9.51. The summed E-state index contributed by atoms with van der Waals surface area (Å²) in [7, 11) is 0. The van der Waals surface area contributed by atoms with E-state index in [0.29, 0.717) is 17.2 Å². The number of aromatic nitrogens is 2. The molecule has 0 aliphatic rings. The number of carbonyl (C=O) groups is 2. The number of amides is 1. The van der Waals surface area contributed by atoms with Gasteiger partial charge in [0.1, 0.15) is 22.8 Å². The zero-order chi connectivity index (χ0) is 14.7. The Morgan fingerprint density at radius 2 is 2.20 bits per heavy atom. The summed E-state index contributed by atoms with van der Waals surface area (Å²) in [6, 6.07) is 3.07. The summed E-state index contributed by atoms with van der Waals surface area (Å²) in [6.07, 6.45) is 0.764. The van der Waals surface area contributed by atoms with Gasteiger partial charge in [-0.1, -0.05) is 6.92 Å². The molecule has 0 atom stereocenters. The lowest BCUT2D eigenvalue weighted by Gasteiger charge is -1.99. The van der Waals surface area contributed by atoms with Crippen LogP contribution in [0.25, 0.3) is 0 Å². The second-order valence-corrected chi connectivity index (χ2v) is 4.30. The fourth-order valence-corrected chi connectivity index (χ4v) is 1.76. The van der Waals surface area contributed by atoms with Crippen LogP contribution in [-0.4, -0.2) is 27.2 Å². The van der Waals surface area contributed by atoms with Gasteiger partial charge in [-0.2, -0.15) is 5.10 Å². The summed E-state index contributed by atoms with van der Waals surface area (Å²) in [5.74, 6) is -0.690. The minimum atomic E-state index is -1.05. The Balaban J connectivity index is 1.99. The molecule has 2 aromatic heterocycles. The molecular weight excluding hydrogens is 262 g/mol. The molecule has 2 rings (SSSR count). The third-order valence-corrected chi connectivity index (χ3v) is 2.87. The van der Waals surface area contributed by atoms with Crippen molar-refractivity contribution in [2.24, 2.45) is 0 Å². The molecule has 0 fully saturated rings. The molecule has 20 heavy (non-hydrogen) atoms. The van der Waals surface area contributed by atoms with E-state index in [1.54, 1.807) is 13.0 Å². The van der Waals surface area contributed by atoms with Gasteiger partial charge in [0.2, 0.25) is 0 Å². The van der Waals surface area contributed by atoms with Crippen LogP contribution < -0.4 is 5.32 Å². The summed E-state index contributed by atoms with van der Waals surface area (Å²) >= 11 is 0. The molecule has 3 N–H and O–H groups in total. The predicted molar refractivity (Wildman–Crippen MR) is 69.5 cm³/mol. The first-order valence-electron chi connectivity index (χ1n) is 6.16. The lowest BCUT2D eigenvalue weighted by molar-refractivity contribution is 0.0694. The van der Waals surface area contributed by atoms with Crippen LogP contribution in [0, 0.1) is 6.92 Å². The number of carboxylic acid groups (broad SMARTS) is 1. The van der Waals surface area contributed by atoms with Gasteiger partial charge in [0.05, 0.1) is 6.54 Å². The number of carbonyl (C=O) groups excluding carboxylic acids is 1. The molecule has 7 heteroatoms. The van der Waals surface area contributed by atoms with Gasteiger partial charge in [-0.3, -0.25) is 9.89 Å². The number of hydrogen-bond acceptors (Lipinski definition) is 4. The molecule has 0 saturated carbocycles. The zero-order valence-corrected chi connectivity index (χ0v) is 11.2. The molecule has 0 bridgehead atoms. The minimum Gasteiger partial charge on any atom is -0.478 e. The second kappa shape index (κ2) is 5.60. The smallest absolute Gasteiger partial charge is 0.339 e. The van der Waals surface area contributed by atoms with E-state index in [4.69, 9.17) is 9.52 Å². The Hall–Kier alpha value is -2.57. The van der Waals surface area contributed by atoms with E-state index in [2.05, 4.69) is 15.5 Å². The quantitative estimate of drug-likeness (QED) is 0.767. The van der Waals surface area contributed by atoms with Gasteiger partial charge in [-0.05, 0) is 25.5 Å². The summed E-state index contributed by atoms with van der Waals surface area (Å²) in [4.78, 5) is 22.7. The van der Waals surface area contributed by atoms with E-state index in [0.717, 1.165) is 12.1 Å².